The van der Waals surface area contributed by atoms with Gasteiger partial charge in [-0.05, 0) is 37.6 Å². The van der Waals surface area contributed by atoms with Crippen LogP contribution in [0.2, 0.25) is 0 Å². The van der Waals surface area contributed by atoms with Gasteiger partial charge in [-0.3, -0.25) is 4.98 Å². The maximum Gasteiger partial charge on any atom is 0.165 e. The first-order chi connectivity index (χ1) is 10.3. The van der Waals surface area contributed by atoms with Crippen molar-refractivity contribution in [1.82, 2.24) is 19.6 Å². The average Bonchev–Trinajstić information content (AvgIpc) is 2.92. The van der Waals surface area contributed by atoms with Crippen molar-refractivity contribution in [2.75, 3.05) is 18.4 Å². The molecule has 108 valence electrons. The lowest BCUT2D eigenvalue weighted by atomic mass is 10.1. The fraction of sp³-hybridized carbons (Fsp3) is 0.267. The molecule has 0 atom stereocenters. The molecule has 0 aliphatic rings. The fourth-order valence-electron chi connectivity index (χ4n) is 2.26. The second-order valence-corrected chi connectivity index (χ2v) is 4.88. The van der Waals surface area contributed by atoms with Crippen LogP contribution in [0.3, 0.4) is 0 Å². The molecule has 0 unspecified atom stereocenters. The number of pyridine rings is 1. The quantitative estimate of drug-likeness (QED) is 0.698. The monoisotopic (exact) mass is 282 g/mol. The van der Waals surface area contributed by atoms with Gasteiger partial charge in [0.1, 0.15) is 5.82 Å². The van der Waals surface area contributed by atoms with E-state index in [0.29, 0.717) is 6.54 Å². The summed E-state index contributed by atoms with van der Waals surface area (Å²) in [5.74, 6) is 0.936. The molecular weight excluding hydrogens is 264 g/mol. The van der Waals surface area contributed by atoms with E-state index < -0.39 is 0 Å². The second-order valence-electron chi connectivity index (χ2n) is 4.88. The Kier molecular flexibility index (Phi) is 3.79. The van der Waals surface area contributed by atoms with Gasteiger partial charge in [-0.15, -0.1) is 0 Å². The predicted molar refractivity (Wildman–Crippen MR) is 83.1 cm³/mol. The van der Waals surface area contributed by atoms with Crippen LogP contribution in [0.25, 0.3) is 16.8 Å². The summed E-state index contributed by atoms with van der Waals surface area (Å²) >= 11 is 0. The number of aryl methyl sites for hydroxylation is 1. The molecule has 3 heterocycles. The predicted octanol–water partition coefficient (Wildman–Crippen LogP) is 1.86. The number of rotatable bonds is 5. The minimum absolute atomic E-state index is 0.668. The highest BCUT2D eigenvalue weighted by atomic mass is 15.3. The number of hydrogen-bond donors (Lipinski definition) is 2. The zero-order valence-corrected chi connectivity index (χ0v) is 12.0. The van der Waals surface area contributed by atoms with Gasteiger partial charge >= 0.3 is 0 Å². The summed E-state index contributed by atoms with van der Waals surface area (Å²) in [4.78, 5) is 8.66. The molecule has 6 nitrogen and oxygen atoms in total. The molecule has 3 rings (SSSR count). The summed E-state index contributed by atoms with van der Waals surface area (Å²) in [5.41, 5.74) is 9.39. The Bertz CT molecular complexity index is 735. The van der Waals surface area contributed by atoms with Crippen LogP contribution < -0.4 is 11.1 Å². The molecule has 0 spiro atoms. The van der Waals surface area contributed by atoms with Gasteiger partial charge in [0, 0.05) is 36.3 Å². The largest absolute Gasteiger partial charge is 0.370 e. The highest BCUT2D eigenvalue weighted by Gasteiger charge is 2.11. The number of fused-ring (bicyclic) bond motifs is 1. The summed E-state index contributed by atoms with van der Waals surface area (Å²) in [5, 5.41) is 7.82. The molecular formula is C15H18N6. The molecule has 21 heavy (non-hydrogen) atoms. The van der Waals surface area contributed by atoms with Gasteiger partial charge in [0.15, 0.2) is 5.65 Å². The minimum atomic E-state index is 0.668. The van der Waals surface area contributed by atoms with Crippen LogP contribution in [0.15, 0.2) is 36.8 Å². The first kappa shape index (κ1) is 13.5. The smallest absolute Gasteiger partial charge is 0.165 e. The molecule has 3 aromatic rings. The number of anilines is 1. The normalized spacial score (nSPS) is 11.0. The SMILES string of the molecule is Cc1cc(NCCCN)n2ncc(-c3ccncc3)c2n1. The highest BCUT2D eigenvalue weighted by molar-refractivity contribution is 5.77. The van der Waals surface area contributed by atoms with Gasteiger partial charge in [-0.1, -0.05) is 0 Å². The van der Waals surface area contributed by atoms with E-state index in [1.165, 1.54) is 0 Å². The van der Waals surface area contributed by atoms with Crippen molar-refractivity contribution in [1.29, 1.82) is 0 Å². The third-order valence-electron chi connectivity index (χ3n) is 3.28. The zero-order chi connectivity index (χ0) is 14.7. The summed E-state index contributed by atoms with van der Waals surface area (Å²) in [7, 11) is 0. The van der Waals surface area contributed by atoms with Crippen LogP contribution in [-0.4, -0.2) is 32.7 Å². The maximum atomic E-state index is 5.53. The number of nitrogens with two attached hydrogens (primary N) is 1. The van der Waals surface area contributed by atoms with E-state index in [9.17, 15) is 0 Å². The first-order valence-electron chi connectivity index (χ1n) is 6.99. The minimum Gasteiger partial charge on any atom is -0.370 e. The molecule has 6 heteroatoms. The van der Waals surface area contributed by atoms with Crippen molar-refractivity contribution >= 4 is 11.5 Å². The van der Waals surface area contributed by atoms with Crippen LogP contribution >= 0.6 is 0 Å². The summed E-state index contributed by atoms with van der Waals surface area (Å²) in [6.07, 6.45) is 6.30. The Balaban J connectivity index is 2.05. The van der Waals surface area contributed by atoms with E-state index in [1.54, 1.807) is 12.4 Å². The van der Waals surface area contributed by atoms with Crippen molar-refractivity contribution in [3.8, 4) is 11.1 Å². The third-order valence-corrected chi connectivity index (χ3v) is 3.28. The topological polar surface area (TPSA) is 81.1 Å². The van der Waals surface area contributed by atoms with E-state index in [1.807, 2.05) is 35.8 Å². The van der Waals surface area contributed by atoms with Gasteiger partial charge < -0.3 is 11.1 Å². The molecule has 0 radical (unpaired) electrons. The Labute approximate surface area is 123 Å². The van der Waals surface area contributed by atoms with E-state index in [2.05, 4.69) is 20.4 Å². The van der Waals surface area contributed by atoms with Crippen LogP contribution in [-0.2, 0) is 0 Å². The summed E-state index contributed by atoms with van der Waals surface area (Å²) < 4.78 is 1.83. The lowest BCUT2D eigenvalue weighted by molar-refractivity contribution is 0.850. The molecule has 0 bridgehead atoms. The van der Waals surface area contributed by atoms with Gasteiger partial charge in [-0.25, -0.2) is 4.98 Å². The van der Waals surface area contributed by atoms with Crippen LogP contribution in [0, 0.1) is 6.92 Å². The van der Waals surface area contributed by atoms with Crippen LogP contribution in [0.5, 0.6) is 0 Å². The average molecular weight is 282 g/mol. The van der Waals surface area contributed by atoms with Gasteiger partial charge in [0.2, 0.25) is 0 Å². The van der Waals surface area contributed by atoms with E-state index in [-0.39, 0.29) is 0 Å². The van der Waals surface area contributed by atoms with Gasteiger partial charge in [-0.2, -0.15) is 9.61 Å². The number of nitrogens with one attached hydrogen (secondary N) is 1. The van der Waals surface area contributed by atoms with Crippen LogP contribution in [0.1, 0.15) is 12.1 Å². The third kappa shape index (κ3) is 2.71. The Morgan fingerprint density at radius 2 is 2.10 bits per heavy atom. The highest BCUT2D eigenvalue weighted by Crippen LogP contribution is 2.25. The maximum absolute atomic E-state index is 5.53. The summed E-state index contributed by atoms with van der Waals surface area (Å²) in [6, 6.07) is 5.91. The van der Waals surface area contributed by atoms with Crippen LogP contribution in [0.4, 0.5) is 5.82 Å². The molecule has 0 saturated carbocycles. The molecule has 0 saturated heterocycles. The van der Waals surface area contributed by atoms with Crippen molar-refractivity contribution in [3.05, 3.63) is 42.5 Å². The zero-order valence-electron chi connectivity index (χ0n) is 12.0. The first-order valence-corrected chi connectivity index (χ1v) is 6.99. The summed E-state index contributed by atoms with van der Waals surface area (Å²) in [6.45, 7) is 3.47. The molecule has 0 fully saturated rings. The molecule has 0 aromatic carbocycles. The van der Waals surface area contributed by atoms with Crippen molar-refractivity contribution in [2.45, 2.75) is 13.3 Å². The lowest BCUT2D eigenvalue weighted by Gasteiger charge is -2.09. The van der Waals surface area contributed by atoms with E-state index in [4.69, 9.17) is 5.73 Å². The molecule has 0 amide bonds. The standard InChI is InChI=1S/C15H18N6/c1-11-9-14(18-6-2-5-16)21-15(20-11)13(10-19-21)12-3-7-17-8-4-12/h3-4,7-10,18H,2,5-6,16H2,1H3. The molecule has 3 aromatic heterocycles. The second kappa shape index (κ2) is 5.88. The van der Waals surface area contributed by atoms with Gasteiger partial charge in [0.25, 0.3) is 0 Å². The van der Waals surface area contributed by atoms with Gasteiger partial charge in [0.05, 0.1) is 6.20 Å². The number of hydrogen-bond acceptors (Lipinski definition) is 5. The fourth-order valence-corrected chi connectivity index (χ4v) is 2.26. The Hall–Kier alpha value is -2.47. The van der Waals surface area contributed by atoms with E-state index in [0.717, 1.165) is 41.3 Å². The molecule has 0 aliphatic heterocycles. The van der Waals surface area contributed by atoms with Crippen molar-refractivity contribution < 1.29 is 0 Å². The number of aromatic nitrogens is 4. The van der Waals surface area contributed by atoms with Crippen molar-refractivity contribution in [3.63, 3.8) is 0 Å². The molecule has 3 N–H and O–H groups in total. The lowest BCUT2D eigenvalue weighted by Crippen LogP contribution is -2.11. The molecule has 0 aliphatic carbocycles. The van der Waals surface area contributed by atoms with Crippen molar-refractivity contribution in [2.24, 2.45) is 5.73 Å². The van der Waals surface area contributed by atoms with E-state index >= 15 is 0 Å². The number of nitrogens with zero attached hydrogens (tertiary/aromatic N) is 4. The Morgan fingerprint density at radius 1 is 1.29 bits per heavy atom. The Morgan fingerprint density at radius 3 is 2.86 bits per heavy atom.